The van der Waals surface area contributed by atoms with Crippen molar-refractivity contribution in [1.82, 2.24) is 0 Å². The largest absolute Gasteiger partial charge is 0.0774 e. The fraction of sp³-hybridized carbons (Fsp3) is 0.600. The summed E-state index contributed by atoms with van der Waals surface area (Å²) in [6.07, 6.45) is 10.5. The lowest BCUT2D eigenvalue weighted by molar-refractivity contribution is 0.645. The molecule has 0 heterocycles. The normalized spacial score (nSPS) is 29.6. The summed E-state index contributed by atoms with van der Waals surface area (Å²) in [7, 11) is 1.36. The van der Waals surface area contributed by atoms with E-state index in [4.69, 9.17) is 0 Å². The highest BCUT2D eigenvalue weighted by Crippen LogP contribution is 2.37. The summed E-state index contributed by atoms with van der Waals surface area (Å²) in [6, 6.07) is 1.44. The minimum Gasteiger partial charge on any atom is -0.0774 e. The van der Waals surface area contributed by atoms with Crippen LogP contribution in [0.5, 0.6) is 0 Å². The summed E-state index contributed by atoms with van der Waals surface area (Å²) in [5.74, 6) is 0.872. The summed E-state index contributed by atoms with van der Waals surface area (Å²) >= 11 is 0. The third kappa shape index (κ3) is 1.22. The van der Waals surface area contributed by atoms with E-state index in [2.05, 4.69) is 12.2 Å². The molecule has 0 aliphatic heterocycles. The molecule has 0 bridgehead atoms. The van der Waals surface area contributed by atoms with Crippen molar-refractivity contribution >= 4 is 10.2 Å². The maximum absolute atomic E-state index is 2.43. The van der Waals surface area contributed by atoms with Gasteiger partial charge >= 0.3 is 0 Å². The minimum atomic E-state index is 0.872. The van der Waals surface area contributed by atoms with Crippen molar-refractivity contribution < 1.29 is 0 Å². The SMILES string of the molecule is [SiH3]CC1C=CC2=C1CCCC2. The maximum atomic E-state index is 2.43. The van der Waals surface area contributed by atoms with Gasteiger partial charge in [-0.2, -0.15) is 0 Å². The van der Waals surface area contributed by atoms with Crippen LogP contribution in [0.4, 0.5) is 0 Å². The molecule has 1 heteroatoms. The van der Waals surface area contributed by atoms with Crippen molar-refractivity contribution in [2.75, 3.05) is 0 Å². The van der Waals surface area contributed by atoms with Gasteiger partial charge in [0, 0.05) is 10.2 Å². The van der Waals surface area contributed by atoms with Crippen LogP contribution in [0.1, 0.15) is 25.7 Å². The molecule has 60 valence electrons. The molecule has 0 aromatic carbocycles. The molecule has 0 aromatic heterocycles. The van der Waals surface area contributed by atoms with E-state index in [1.54, 1.807) is 11.1 Å². The van der Waals surface area contributed by atoms with Crippen LogP contribution >= 0.6 is 0 Å². The van der Waals surface area contributed by atoms with Crippen LogP contribution in [0.3, 0.4) is 0 Å². The Morgan fingerprint density at radius 3 is 3.00 bits per heavy atom. The van der Waals surface area contributed by atoms with Crippen LogP contribution in [0.2, 0.25) is 6.04 Å². The number of allylic oxidation sites excluding steroid dienone is 4. The Hall–Kier alpha value is -0.303. The van der Waals surface area contributed by atoms with E-state index in [-0.39, 0.29) is 0 Å². The molecule has 0 spiro atoms. The molecule has 0 N–H and O–H groups in total. The summed E-state index contributed by atoms with van der Waals surface area (Å²) in [5, 5.41) is 0. The van der Waals surface area contributed by atoms with Gasteiger partial charge < -0.3 is 0 Å². The molecule has 0 fully saturated rings. The molecule has 11 heavy (non-hydrogen) atoms. The van der Waals surface area contributed by atoms with E-state index in [0.717, 1.165) is 5.92 Å². The summed E-state index contributed by atoms with van der Waals surface area (Å²) in [4.78, 5) is 0. The summed E-state index contributed by atoms with van der Waals surface area (Å²) in [5.41, 5.74) is 3.49. The highest BCUT2D eigenvalue weighted by molar-refractivity contribution is 6.09. The van der Waals surface area contributed by atoms with Gasteiger partial charge in [-0.05, 0) is 37.2 Å². The van der Waals surface area contributed by atoms with Gasteiger partial charge in [-0.15, -0.1) is 0 Å². The molecule has 2 aliphatic carbocycles. The van der Waals surface area contributed by atoms with Crippen LogP contribution in [-0.2, 0) is 0 Å². The fourth-order valence-corrected chi connectivity index (χ4v) is 3.06. The second-order valence-corrected chi connectivity index (χ2v) is 4.45. The third-order valence-corrected chi connectivity index (χ3v) is 3.85. The van der Waals surface area contributed by atoms with Gasteiger partial charge in [-0.1, -0.05) is 23.8 Å². The molecule has 2 aliphatic rings. The van der Waals surface area contributed by atoms with Gasteiger partial charge in [0.1, 0.15) is 0 Å². The first kappa shape index (κ1) is 7.35. The van der Waals surface area contributed by atoms with Crippen molar-refractivity contribution in [2.24, 2.45) is 5.92 Å². The van der Waals surface area contributed by atoms with E-state index in [1.807, 2.05) is 0 Å². The summed E-state index contributed by atoms with van der Waals surface area (Å²) in [6.45, 7) is 0. The molecule has 1 unspecified atom stereocenters. The molecule has 1 atom stereocenters. The standard InChI is InChI=1S/C10H16Si/c11-7-9-6-5-8-3-1-2-4-10(8)9/h5-6,9H,1-4,7H2,11H3. The Morgan fingerprint density at radius 2 is 2.18 bits per heavy atom. The molecule has 0 amide bonds. The Balaban J connectivity index is 2.21. The molecule has 0 aromatic rings. The first-order chi connectivity index (χ1) is 5.42. The van der Waals surface area contributed by atoms with Gasteiger partial charge in [-0.25, -0.2) is 0 Å². The Morgan fingerprint density at radius 1 is 1.36 bits per heavy atom. The van der Waals surface area contributed by atoms with Crippen molar-refractivity contribution in [2.45, 2.75) is 31.7 Å². The summed E-state index contributed by atoms with van der Waals surface area (Å²) < 4.78 is 0. The lowest BCUT2D eigenvalue weighted by Crippen LogP contribution is -2.02. The molecular weight excluding hydrogens is 148 g/mol. The Kier molecular flexibility index (Phi) is 1.99. The molecular formula is C10H16Si. The van der Waals surface area contributed by atoms with E-state index in [1.165, 1.54) is 42.0 Å². The van der Waals surface area contributed by atoms with Gasteiger partial charge in [0.05, 0.1) is 0 Å². The second-order valence-electron chi connectivity index (χ2n) is 3.63. The van der Waals surface area contributed by atoms with Gasteiger partial charge in [0.25, 0.3) is 0 Å². The lowest BCUT2D eigenvalue weighted by Gasteiger charge is -2.18. The van der Waals surface area contributed by atoms with Crippen molar-refractivity contribution in [1.29, 1.82) is 0 Å². The number of hydrogen-bond donors (Lipinski definition) is 0. The number of rotatable bonds is 1. The first-order valence-electron chi connectivity index (χ1n) is 4.82. The fourth-order valence-electron chi connectivity index (χ4n) is 2.30. The highest BCUT2D eigenvalue weighted by atomic mass is 28.1. The van der Waals surface area contributed by atoms with Gasteiger partial charge in [0.15, 0.2) is 0 Å². The lowest BCUT2D eigenvalue weighted by atomic mass is 9.89. The van der Waals surface area contributed by atoms with Crippen LogP contribution < -0.4 is 0 Å². The Bertz CT molecular complexity index is 213. The van der Waals surface area contributed by atoms with E-state index in [0.29, 0.717) is 0 Å². The predicted octanol–water partition coefficient (Wildman–Crippen LogP) is 1.83. The van der Waals surface area contributed by atoms with Crippen molar-refractivity contribution in [3.63, 3.8) is 0 Å². The van der Waals surface area contributed by atoms with Gasteiger partial charge in [-0.3, -0.25) is 0 Å². The topological polar surface area (TPSA) is 0 Å². The Labute approximate surface area is 71.8 Å². The quantitative estimate of drug-likeness (QED) is 0.519. The third-order valence-electron chi connectivity index (χ3n) is 2.97. The zero-order valence-electron chi connectivity index (χ0n) is 7.27. The smallest absolute Gasteiger partial charge is 0.00395 e. The molecule has 0 nitrogen and oxygen atoms in total. The zero-order valence-corrected chi connectivity index (χ0v) is 9.27. The minimum absolute atomic E-state index is 0.872. The predicted molar refractivity (Wildman–Crippen MR) is 52.9 cm³/mol. The van der Waals surface area contributed by atoms with Crippen LogP contribution in [-0.4, -0.2) is 10.2 Å². The molecule has 0 radical (unpaired) electrons. The molecule has 0 saturated carbocycles. The average Bonchev–Trinajstić information content (AvgIpc) is 2.47. The molecule has 0 saturated heterocycles. The highest BCUT2D eigenvalue weighted by Gasteiger charge is 2.20. The first-order valence-corrected chi connectivity index (χ1v) is 6.23. The van der Waals surface area contributed by atoms with Gasteiger partial charge in [0.2, 0.25) is 0 Å². The van der Waals surface area contributed by atoms with Crippen molar-refractivity contribution in [3.8, 4) is 0 Å². The zero-order chi connectivity index (χ0) is 7.68. The van der Waals surface area contributed by atoms with Crippen LogP contribution in [0.15, 0.2) is 23.3 Å². The van der Waals surface area contributed by atoms with E-state index in [9.17, 15) is 0 Å². The van der Waals surface area contributed by atoms with Crippen molar-refractivity contribution in [3.05, 3.63) is 23.3 Å². The van der Waals surface area contributed by atoms with E-state index >= 15 is 0 Å². The van der Waals surface area contributed by atoms with Crippen LogP contribution in [0.25, 0.3) is 0 Å². The average molecular weight is 164 g/mol. The maximum Gasteiger partial charge on any atom is 0.00395 e. The number of hydrogen-bond acceptors (Lipinski definition) is 0. The molecule has 2 rings (SSSR count). The van der Waals surface area contributed by atoms with Crippen LogP contribution in [0, 0.1) is 5.92 Å². The van der Waals surface area contributed by atoms with E-state index < -0.39 is 0 Å². The monoisotopic (exact) mass is 164 g/mol. The second kappa shape index (κ2) is 2.98.